The van der Waals surface area contributed by atoms with Crippen LogP contribution in [0.25, 0.3) is 12.2 Å². The van der Waals surface area contributed by atoms with Crippen LogP contribution >= 0.6 is 0 Å². The minimum absolute atomic E-state index is 0.820. The lowest BCUT2D eigenvalue weighted by Crippen LogP contribution is -2.26. The highest BCUT2D eigenvalue weighted by atomic mass is 15.2. The Kier molecular flexibility index (Phi) is 4.60. The van der Waals surface area contributed by atoms with Gasteiger partial charge in [0.25, 0.3) is 0 Å². The second-order valence-electron chi connectivity index (χ2n) is 5.00. The number of nitrogens with zero attached hydrogens (tertiary/aromatic N) is 3. The number of amidine groups is 1. The van der Waals surface area contributed by atoms with E-state index in [1.165, 1.54) is 0 Å². The van der Waals surface area contributed by atoms with Gasteiger partial charge < -0.3 is 4.90 Å². The third-order valence-electron chi connectivity index (χ3n) is 3.32. The van der Waals surface area contributed by atoms with Gasteiger partial charge in [-0.25, -0.2) is 4.99 Å². The first-order valence-electron chi connectivity index (χ1n) is 7.37. The van der Waals surface area contributed by atoms with Crippen molar-refractivity contribution in [2.75, 3.05) is 0 Å². The van der Waals surface area contributed by atoms with E-state index in [2.05, 4.69) is 16.6 Å². The summed E-state index contributed by atoms with van der Waals surface area (Å²) < 4.78 is 0. The van der Waals surface area contributed by atoms with Crippen molar-refractivity contribution >= 4 is 18.0 Å². The van der Waals surface area contributed by atoms with E-state index in [0.29, 0.717) is 0 Å². The first-order chi connectivity index (χ1) is 11.3. The van der Waals surface area contributed by atoms with Crippen LogP contribution in [0.1, 0.15) is 0 Å². The summed E-state index contributed by atoms with van der Waals surface area (Å²) >= 11 is 0. The molecule has 0 saturated heterocycles. The lowest BCUT2D eigenvalue weighted by molar-refractivity contribution is 0.754. The molecule has 0 radical (unpaired) electrons. The first kappa shape index (κ1) is 14.7. The molecule has 3 nitrogen and oxygen atoms in total. The lowest BCUT2D eigenvalue weighted by atomic mass is 10.2. The van der Waals surface area contributed by atoms with Crippen molar-refractivity contribution in [1.29, 1.82) is 0 Å². The van der Waals surface area contributed by atoms with Crippen LogP contribution in [0, 0.1) is 0 Å². The van der Waals surface area contributed by atoms with Gasteiger partial charge in [0.05, 0.1) is 5.35 Å². The van der Waals surface area contributed by atoms with E-state index in [0.717, 1.165) is 22.0 Å². The summed E-state index contributed by atoms with van der Waals surface area (Å²) in [4.78, 5) is 10.9. The molecule has 0 bridgehead atoms. The van der Waals surface area contributed by atoms with Gasteiger partial charge in [0.2, 0.25) is 0 Å². The van der Waals surface area contributed by atoms with Crippen LogP contribution in [0.4, 0.5) is 0 Å². The van der Waals surface area contributed by atoms with Crippen LogP contribution < -0.4 is 10.6 Å². The van der Waals surface area contributed by atoms with Gasteiger partial charge in [-0.15, -0.1) is 0 Å². The fourth-order valence-corrected chi connectivity index (χ4v) is 2.13. The molecule has 0 spiro atoms. The van der Waals surface area contributed by atoms with E-state index in [4.69, 9.17) is 0 Å². The van der Waals surface area contributed by atoms with Crippen molar-refractivity contribution < 1.29 is 0 Å². The predicted octanol–water partition coefficient (Wildman–Crippen LogP) is 2.58. The SMILES string of the molecule is C=C1C=CN(C2=N\C=C/C=c3/nccc/c3=C\C=C\C=C2)C=C1. The molecule has 0 fully saturated rings. The van der Waals surface area contributed by atoms with Crippen molar-refractivity contribution in [2.24, 2.45) is 4.99 Å². The fourth-order valence-electron chi connectivity index (χ4n) is 2.13. The van der Waals surface area contributed by atoms with Gasteiger partial charge in [0.1, 0.15) is 5.84 Å². The van der Waals surface area contributed by atoms with E-state index in [-0.39, 0.29) is 0 Å². The quantitative estimate of drug-likeness (QED) is 0.736. The van der Waals surface area contributed by atoms with Gasteiger partial charge >= 0.3 is 0 Å². The van der Waals surface area contributed by atoms with E-state index < -0.39 is 0 Å². The minimum atomic E-state index is 0.820. The number of rotatable bonds is 0. The van der Waals surface area contributed by atoms with Gasteiger partial charge in [-0.2, -0.15) is 0 Å². The maximum Gasteiger partial charge on any atom is 0.136 e. The van der Waals surface area contributed by atoms with Crippen LogP contribution in [0.2, 0.25) is 0 Å². The molecule has 3 heterocycles. The zero-order valence-electron chi connectivity index (χ0n) is 12.7. The Bertz CT molecular complexity index is 877. The molecule has 0 saturated carbocycles. The summed E-state index contributed by atoms with van der Waals surface area (Å²) in [5.41, 5.74) is 0.972. The second-order valence-corrected chi connectivity index (χ2v) is 5.00. The summed E-state index contributed by atoms with van der Waals surface area (Å²) in [6.45, 7) is 3.90. The maximum atomic E-state index is 4.52. The Labute approximate surface area is 135 Å². The third-order valence-corrected chi connectivity index (χ3v) is 3.32. The Morgan fingerprint density at radius 3 is 2.65 bits per heavy atom. The number of allylic oxidation sites excluding steroid dienone is 7. The molecule has 2 aliphatic rings. The van der Waals surface area contributed by atoms with Crippen LogP contribution in [0.15, 0.2) is 96.6 Å². The molecule has 0 aromatic carbocycles. The average molecular weight is 299 g/mol. The van der Waals surface area contributed by atoms with Crippen molar-refractivity contribution in [3.8, 4) is 0 Å². The molecule has 23 heavy (non-hydrogen) atoms. The van der Waals surface area contributed by atoms with Gasteiger partial charge in [0, 0.05) is 30.0 Å². The number of aromatic nitrogens is 1. The van der Waals surface area contributed by atoms with Gasteiger partial charge in [0.15, 0.2) is 0 Å². The molecule has 2 aliphatic heterocycles. The highest BCUT2D eigenvalue weighted by Gasteiger charge is 2.03. The average Bonchev–Trinajstić information content (AvgIpc) is 2.57. The molecule has 0 aliphatic carbocycles. The summed E-state index contributed by atoms with van der Waals surface area (Å²) in [6.07, 6.45) is 25.2. The highest BCUT2D eigenvalue weighted by molar-refractivity contribution is 5.95. The standard InChI is InChI=1S/C20H17N3/c1-17-11-15-23(16-12-17)20-10-4-2-3-7-18-8-5-13-21-19(18)9-6-14-22-20/h2-16H,1H2/b3-2+,4-2?,7-3?,9-6?,10-4?,14-6-,18-7+,19-9+,20-10?,22-14?,22-20?. The Hall–Kier alpha value is -3.20. The molecule has 3 rings (SSSR count). The molecule has 1 aromatic rings. The number of hydrogen-bond donors (Lipinski definition) is 0. The van der Waals surface area contributed by atoms with Crippen LogP contribution in [0.3, 0.4) is 0 Å². The molecular weight excluding hydrogens is 282 g/mol. The largest absolute Gasteiger partial charge is 0.309 e. The van der Waals surface area contributed by atoms with Gasteiger partial charge in [-0.1, -0.05) is 36.9 Å². The molecule has 3 heteroatoms. The normalized spacial score (nSPS) is 22.5. The number of pyridine rings is 1. The van der Waals surface area contributed by atoms with E-state index in [1.54, 1.807) is 12.4 Å². The van der Waals surface area contributed by atoms with Crippen LogP contribution in [-0.4, -0.2) is 15.7 Å². The monoisotopic (exact) mass is 299 g/mol. The zero-order valence-corrected chi connectivity index (χ0v) is 12.7. The van der Waals surface area contributed by atoms with Crippen molar-refractivity contribution in [3.05, 3.63) is 102 Å². The predicted molar refractivity (Wildman–Crippen MR) is 96.5 cm³/mol. The molecule has 112 valence electrons. The summed E-state index contributed by atoms with van der Waals surface area (Å²) in [6, 6.07) is 3.97. The second kappa shape index (κ2) is 7.18. The summed E-state index contributed by atoms with van der Waals surface area (Å²) in [5.74, 6) is 0.820. The fraction of sp³-hybridized carbons (Fsp3) is 0. The van der Waals surface area contributed by atoms with Crippen LogP contribution in [0.5, 0.6) is 0 Å². The first-order valence-corrected chi connectivity index (χ1v) is 7.37. The third kappa shape index (κ3) is 3.92. The molecule has 0 amide bonds. The molecule has 0 N–H and O–H groups in total. The van der Waals surface area contributed by atoms with Crippen molar-refractivity contribution in [3.63, 3.8) is 0 Å². The van der Waals surface area contributed by atoms with Gasteiger partial charge in [-0.3, -0.25) is 4.98 Å². The van der Waals surface area contributed by atoms with Gasteiger partial charge in [-0.05, 0) is 42.0 Å². The topological polar surface area (TPSA) is 28.5 Å². The molecule has 0 unspecified atom stereocenters. The zero-order chi connectivity index (χ0) is 15.9. The summed E-state index contributed by atoms with van der Waals surface area (Å²) in [7, 11) is 0. The highest BCUT2D eigenvalue weighted by Crippen LogP contribution is 2.09. The molecule has 0 atom stereocenters. The smallest absolute Gasteiger partial charge is 0.136 e. The van der Waals surface area contributed by atoms with Crippen LogP contribution in [-0.2, 0) is 0 Å². The Balaban J connectivity index is 1.98. The Morgan fingerprint density at radius 2 is 1.78 bits per heavy atom. The molecular formula is C20H17N3. The Morgan fingerprint density at radius 1 is 0.913 bits per heavy atom. The number of hydrogen-bond acceptors (Lipinski definition) is 3. The van der Waals surface area contributed by atoms with E-state index >= 15 is 0 Å². The minimum Gasteiger partial charge on any atom is -0.309 e. The van der Waals surface area contributed by atoms with Crippen molar-refractivity contribution in [2.45, 2.75) is 0 Å². The lowest BCUT2D eigenvalue weighted by Gasteiger charge is -2.17. The summed E-state index contributed by atoms with van der Waals surface area (Å²) in [5, 5.41) is 2.00. The number of fused-ring (bicyclic) bond motifs is 1. The van der Waals surface area contributed by atoms with E-state index in [9.17, 15) is 0 Å². The maximum absolute atomic E-state index is 4.52. The molecule has 1 aromatic heterocycles. The van der Waals surface area contributed by atoms with E-state index in [1.807, 2.05) is 84.1 Å². The van der Waals surface area contributed by atoms with Crippen molar-refractivity contribution in [1.82, 2.24) is 9.88 Å². The number of aliphatic imine (C=N–C) groups is 1.